The van der Waals surface area contributed by atoms with E-state index in [1.807, 2.05) is 4.90 Å². The predicted octanol–water partition coefficient (Wildman–Crippen LogP) is 2.08. The number of anilines is 1. The quantitative estimate of drug-likeness (QED) is 0.903. The highest BCUT2D eigenvalue weighted by Gasteiger charge is 2.33. The normalized spacial score (nSPS) is 24.3. The zero-order valence-electron chi connectivity index (χ0n) is 10.9. The van der Waals surface area contributed by atoms with Gasteiger partial charge in [-0.25, -0.2) is 0 Å². The second kappa shape index (κ2) is 5.04. The molecular weight excluding hydrogens is 264 g/mol. The molecule has 6 heteroatoms. The van der Waals surface area contributed by atoms with Crippen LogP contribution < -0.4 is 5.73 Å². The first-order valence-corrected chi connectivity index (χ1v) is 7.32. The van der Waals surface area contributed by atoms with Crippen molar-refractivity contribution in [3.63, 3.8) is 0 Å². The van der Waals surface area contributed by atoms with E-state index in [0.717, 1.165) is 32.4 Å². The molecular formula is C13H19ClN4O. The SMILES string of the molecule is Nc1cn(C2CCN(C(=O)C3CCCC3)C2)nc1Cl. The predicted molar refractivity (Wildman–Crippen MR) is 73.8 cm³/mol. The number of carbonyl (C=O) groups excluding carboxylic acids is 1. The lowest BCUT2D eigenvalue weighted by atomic mass is 10.1. The first kappa shape index (κ1) is 12.8. The summed E-state index contributed by atoms with van der Waals surface area (Å²) in [4.78, 5) is 14.3. The van der Waals surface area contributed by atoms with E-state index in [1.165, 1.54) is 12.8 Å². The zero-order chi connectivity index (χ0) is 13.4. The van der Waals surface area contributed by atoms with Crippen LogP contribution in [-0.4, -0.2) is 33.7 Å². The van der Waals surface area contributed by atoms with Crippen molar-refractivity contribution in [3.05, 3.63) is 11.3 Å². The van der Waals surface area contributed by atoms with Gasteiger partial charge in [0.05, 0.1) is 11.7 Å². The molecule has 2 heterocycles. The molecule has 1 aliphatic carbocycles. The van der Waals surface area contributed by atoms with Crippen LogP contribution >= 0.6 is 11.6 Å². The minimum absolute atomic E-state index is 0.208. The molecule has 104 valence electrons. The van der Waals surface area contributed by atoms with Crippen molar-refractivity contribution < 1.29 is 4.79 Å². The van der Waals surface area contributed by atoms with Crippen LogP contribution in [0.4, 0.5) is 5.69 Å². The van der Waals surface area contributed by atoms with E-state index in [1.54, 1.807) is 10.9 Å². The molecule has 1 aromatic rings. The van der Waals surface area contributed by atoms with Gasteiger partial charge in [0.15, 0.2) is 5.15 Å². The molecule has 1 aliphatic heterocycles. The van der Waals surface area contributed by atoms with Crippen LogP contribution in [0.1, 0.15) is 38.1 Å². The maximum Gasteiger partial charge on any atom is 0.225 e. The second-order valence-electron chi connectivity index (χ2n) is 5.56. The fourth-order valence-electron chi connectivity index (χ4n) is 3.16. The van der Waals surface area contributed by atoms with Gasteiger partial charge >= 0.3 is 0 Å². The highest BCUT2D eigenvalue weighted by atomic mass is 35.5. The number of nitrogens with zero attached hydrogens (tertiary/aromatic N) is 3. The van der Waals surface area contributed by atoms with Gasteiger partial charge in [-0.2, -0.15) is 5.10 Å². The number of amides is 1. The Labute approximate surface area is 117 Å². The lowest BCUT2D eigenvalue weighted by Crippen LogP contribution is -2.33. The molecule has 1 amide bonds. The molecule has 19 heavy (non-hydrogen) atoms. The standard InChI is InChI=1S/C13H19ClN4O/c14-12-11(15)8-18(16-12)10-5-6-17(7-10)13(19)9-3-1-2-4-9/h8-10H,1-7,15H2. The molecule has 2 N–H and O–H groups in total. The largest absolute Gasteiger partial charge is 0.395 e. The number of carbonyl (C=O) groups is 1. The summed E-state index contributed by atoms with van der Waals surface area (Å²) in [5.74, 6) is 0.580. The summed E-state index contributed by atoms with van der Waals surface area (Å²) in [6, 6.07) is 0.208. The van der Waals surface area contributed by atoms with E-state index >= 15 is 0 Å². The molecule has 1 saturated heterocycles. The molecule has 3 rings (SSSR count). The van der Waals surface area contributed by atoms with Gasteiger partial charge in [-0.15, -0.1) is 0 Å². The van der Waals surface area contributed by atoms with E-state index in [9.17, 15) is 4.79 Å². The summed E-state index contributed by atoms with van der Waals surface area (Å²) in [6.45, 7) is 1.55. The van der Waals surface area contributed by atoms with Gasteiger partial charge in [-0.05, 0) is 19.3 Å². The van der Waals surface area contributed by atoms with Gasteiger partial charge in [0, 0.05) is 25.2 Å². The van der Waals surface area contributed by atoms with Crippen molar-refractivity contribution in [3.8, 4) is 0 Å². The third kappa shape index (κ3) is 2.43. The van der Waals surface area contributed by atoms with E-state index in [0.29, 0.717) is 16.7 Å². The topological polar surface area (TPSA) is 64.2 Å². The van der Waals surface area contributed by atoms with Crippen molar-refractivity contribution in [2.45, 2.75) is 38.1 Å². The van der Waals surface area contributed by atoms with Crippen LogP contribution in [0.25, 0.3) is 0 Å². The van der Waals surface area contributed by atoms with Crippen LogP contribution in [0.3, 0.4) is 0 Å². The van der Waals surface area contributed by atoms with Gasteiger partial charge in [0.25, 0.3) is 0 Å². The summed E-state index contributed by atoms with van der Waals surface area (Å²) < 4.78 is 1.81. The van der Waals surface area contributed by atoms with Crippen LogP contribution in [-0.2, 0) is 4.79 Å². The Kier molecular flexibility index (Phi) is 3.39. The van der Waals surface area contributed by atoms with Crippen LogP contribution in [0.2, 0.25) is 5.15 Å². The van der Waals surface area contributed by atoms with E-state index < -0.39 is 0 Å². The second-order valence-corrected chi connectivity index (χ2v) is 5.92. The van der Waals surface area contributed by atoms with Crippen molar-refractivity contribution in [1.82, 2.24) is 14.7 Å². The summed E-state index contributed by atoms with van der Waals surface area (Å²) in [5, 5.41) is 4.55. The average Bonchev–Trinajstić information content (AvgIpc) is 3.10. The minimum Gasteiger partial charge on any atom is -0.395 e. The third-order valence-electron chi connectivity index (χ3n) is 4.27. The van der Waals surface area contributed by atoms with Crippen molar-refractivity contribution >= 4 is 23.2 Å². The first-order valence-electron chi connectivity index (χ1n) is 6.94. The molecule has 2 fully saturated rings. The van der Waals surface area contributed by atoms with Crippen molar-refractivity contribution in [1.29, 1.82) is 0 Å². The molecule has 5 nitrogen and oxygen atoms in total. The highest BCUT2D eigenvalue weighted by Crippen LogP contribution is 2.30. The smallest absolute Gasteiger partial charge is 0.225 e. The first-order chi connectivity index (χ1) is 9.15. The average molecular weight is 283 g/mol. The van der Waals surface area contributed by atoms with Gasteiger partial charge in [-0.3, -0.25) is 9.48 Å². The van der Waals surface area contributed by atoms with E-state index in [-0.39, 0.29) is 12.0 Å². The lowest BCUT2D eigenvalue weighted by Gasteiger charge is -2.20. The fraction of sp³-hybridized carbons (Fsp3) is 0.692. The number of halogens is 1. The van der Waals surface area contributed by atoms with Crippen molar-refractivity contribution in [2.75, 3.05) is 18.8 Å². The number of hydrogen-bond acceptors (Lipinski definition) is 3. The molecule has 0 spiro atoms. The third-order valence-corrected chi connectivity index (χ3v) is 4.56. The van der Waals surface area contributed by atoms with Gasteiger partial charge in [0.1, 0.15) is 0 Å². The number of nitrogen functional groups attached to an aromatic ring is 1. The molecule has 2 aliphatic rings. The Balaban J connectivity index is 1.65. The lowest BCUT2D eigenvalue weighted by molar-refractivity contribution is -0.134. The Hall–Kier alpha value is -1.23. The maximum absolute atomic E-state index is 12.3. The number of rotatable bonds is 2. The zero-order valence-corrected chi connectivity index (χ0v) is 11.6. The van der Waals surface area contributed by atoms with Crippen LogP contribution in [0, 0.1) is 5.92 Å². The number of hydrogen-bond donors (Lipinski definition) is 1. The molecule has 0 radical (unpaired) electrons. The number of likely N-dealkylation sites (tertiary alicyclic amines) is 1. The molecule has 0 aromatic carbocycles. The van der Waals surface area contributed by atoms with Gasteiger partial charge in [-0.1, -0.05) is 24.4 Å². The van der Waals surface area contributed by atoms with E-state index in [2.05, 4.69) is 5.10 Å². The monoisotopic (exact) mass is 282 g/mol. The van der Waals surface area contributed by atoms with Gasteiger partial charge in [0.2, 0.25) is 5.91 Å². The maximum atomic E-state index is 12.3. The molecule has 0 bridgehead atoms. The highest BCUT2D eigenvalue weighted by molar-refractivity contribution is 6.31. The fourth-order valence-corrected chi connectivity index (χ4v) is 3.30. The Morgan fingerprint density at radius 1 is 1.37 bits per heavy atom. The number of aromatic nitrogens is 2. The minimum atomic E-state index is 0.208. The van der Waals surface area contributed by atoms with Crippen LogP contribution in [0.5, 0.6) is 0 Å². The molecule has 1 atom stereocenters. The Morgan fingerprint density at radius 2 is 2.11 bits per heavy atom. The summed E-state index contributed by atoms with van der Waals surface area (Å²) in [6.07, 6.45) is 7.19. The Morgan fingerprint density at radius 3 is 2.74 bits per heavy atom. The summed E-state index contributed by atoms with van der Waals surface area (Å²) in [5.41, 5.74) is 6.21. The van der Waals surface area contributed by atoms with Crippen LogP contribution in [0.15, 0.2) is 6.20 Å². The van der Waals surface area contributed by atoms with Crippen molar-refractivity contribution in [2.24, 2.45) is 5.92 Å². The summed E-state index contributed by atoms with van der Waals surface area (Å²) >= 11 is 5.87. The Bertz CT molecular complexity index is 461. The number of nitrogens with two attached hydrogens (primary N) is 1. The summed E-state index contributed by atoms with van der Waals surface area (Å²) in [7, 11) is 0. The van der Waals surface area contributed by atoms with E-state index in [4.69, 9.17) is 17.3 Å². The van der Waals surface area contributed by atoms with Gasteiger partial charge < -0.3 is 10.6 Å². The molecule has 1 saturated carbocycles. The molecule has 1 aromatic heterocycles. The molecule has 1 unspecified atom stereocenters.